The van der Waals surface area contributed by atoms with E-state index in [9.17, 15) is 9.59 Å². The van der Waals surface area contributed by atoms with E-state index in [4.69, 9.17) is 0 Å². The normalized spacial score (nSPS) is 38.2. The number of pyridine rings is 1. The summed E-state index contributed by atoms with van der Waals surface area (Å²) in [5, 5.41) is 0. The van der Waals surface area contributed by atoms with Gasteiger partial charge in [0.15, 0.2) is 0 Å². The molecule has 5 saturated heterocycles. The van der Waals surface area contributed by atoms with Crippen molar-refractivity contribution >= 4 is 11.5 Å². The maximum atomic E-state index is 14.2. The third kappa shape index (κ3) is 3.22. The van der Waals surface area contributed by atoms with Crippen LogP contribution >= 0.6 is 0 Å². The van der Waals surface area contributed by atoms with Crippen LogP contribution in [-0.4, -0.2) is 70.0 Å². The molecular weight excluding hydrogens is 448 g/mol. The highest BCUT2D eigenvalue weighted by Gasteiger charge is 2.48. The Morgan fingerprint density at radius 1 is 0.722 bits per heavy atom. The molecule has 1 aromatic rings. The van der Waals surface area contributed by atoms with Gasteiger partial charge < -0.3 is 9.47 Å². The van der Waals surface area contributed by atoms with E-state index in [1.807, 2.05) is 0 Å². The van der Waals surface area contributed by atoms with Crippen LogP contribution in [0.4, 0.5) is 0 Å². The summed E-state index contributed by atoms with van der Waals surface area (Å²) in [4.78, 5) is 34.9. The standard InChI is InChI=1S/C30H40N4O2/c35-28-10-8-23(29-22-14-21(18-34(28)29)26-6-2-4-12-32(26)16-22)24-7-9-27-19-13-20(17-33(27)30(24)36)25-5-1-3-11-31(25)15-19/h7,9,19-22,25-26H,1-6,8,10-18H2. The minimum Gasteiger partial charge on any atom is -0.315 e. The van der Waals surface area contributed by atoms with Crippen molar-refractivity contribution in [2.45, 2.75) is 88.8 Å². The van der Waals surface area contributed by atoms with Crippen molar-refractivity contribution in [3.05, 3.63) is 39.4 Å². The van der Waals surface area contributed by atoms with E-state index in [1.165, 1.54) is 81.4 Å². The Labute approximate surface area is 214 Å². The smallest absolute Gasteiger partial charge is 0.258 e. The average molecular weight is 489 g/mol. The Morgan fingerprint density at radius 3 is 2.19 bits per heavy atom. The highest BCUT2D eigenvalue weighted by Crippen LogP contribution is 2.47. The molecule has 0 saturated carbocycles. The molecule has 36 heavy (non-hydrogen) atoms. The number of carbonyl (C=O) groups excluding carboxylic acids is 1. The summed E-state index contributed by atoms with van der Waals surface area (Å²) in [6, 6.07) is 5.75. The number of hydrogen-bond donors (Lipinski definition) is 0. The molecule has 1 aromatic heterocycles. The molecule has 5 fully saturated rings. The van der Waals surface area contributed by atoms with E-state index >= 15 is 0 Å². The molecule has 6 atom stereocenters. The third-order valence-corrected chi connectivity index (χ3v) is 11.2. The summed E-state index contributed by atoms with van der Waals surface area (Å²) < 4.78 is 2.17. The Morgan fingerprint density at radius 2 is 1.42 bits per heavy atom. The summed E-state index contributed by atoms with van der Waals surface area (Å²) in [5.41, 5.74) is 4.79. The number of amides is 1. The predicted octanol–water partition coefficient (Wildman–Crippen LogP) is 3.66. The number of rotatable bonds is 1. The Kier molecular flexibility index (Phi) is 5.09. The lowest BCUT2D eigenvalue weighted by Gasteiger charge is -2.54. The van der Waals surface area contributed by atoms with Crippen molar-refractivity contribution in [3.63, 3.8) is 0 Å². The van der Waals surface area contributed by atoms with Gasteiger partial charge in [-0.15, -0.1) is 0 Å². The first-order valence-electron chi connectivity index (χ1n) is 14.9. The van der Waals surface area contributed by atoms with Gasteiger partial charge in [0.2, 0.25) is 5.91 Å². The van der Waals surface area contributed by atoms with Crippen LogP contribution < -0.4 is 5.56 Å². The fourth-order valence-corrected chi connectivity index (χ4v) is 9.69. The van der Waals surface area contributed by atoms with Gasteiger partial charge in [0.05, 0.1) is 0 Å². The van der Waals surface area contributed by atoms with Crippen molar-refractivity contribution in [2.75, 3.05) is 32.7 Å². The number of nitrogens with zero attached hydrogens (tertiary/aromatic N) is 4. The Balaban J connectivity index is 1.19. The second kappa shape index (κ2) is 8.29. The molecule has 0 aromatic carbocycles. The van der Waals surface area contributed by atoms with Crippen molar-refractivity contribution < 1.29 is 4.79 Å². The fourth-order valence-electron chi connectivity index (χ4n) is 9.69. The zero-order chi connectivity index (χ0) is 24.0. The zero-order valence-corrected chi connectivity index (χ0v) is 21.5. The van der Waals surface area contributed by atoms with Crippen LogP contribution in [0.3, 0.4) is 0 Å². The molecule has 0 radical (unpaired) electrons. The van der Waals surface area contributed by atoms with Crippen LogP contribution in [0, 0.1) is 17.8 Å². The van der Waals surface area contributed by atoms with E-state index in [1.54, 1.807) is 0 Å². The van der Waals surface area contributed by atoms with Gasteiger partial charge in [0.1, 0.15) is 0 Å². The van der Waals surface area contributed by atoms with Gasteiger partial charge in [-0.2, -0.15) is 0 Å². The van der Waals surface area contributed by atoms with E-state index in [0.29, 0.717) is 42.2 Å². The van der Waals surface area contributed by atoms with Crippen LogP contribution in [0.15, 0.2) is 22.6 Å². The molecule has 192 valence electrons. The molecule has 4 bridgehead atoms. The number of allylic oxidation sites excluding steroid dienone is 1. The number of fused-ring (bicyclic) bond motifs is 12. The van der Waals surface area contributed by atoms with Gasteiger partial charge in [0.25, 0.3) is 5.56 Å². The van der Waals surface area contributed by atoms with Gasteiger partial charge >= 0.3 is 0 Å². The van der Waals surface area contributed by atoms with Crippen LogP contribution in [0.25, 0.3) is 5.57 Å². The highest BCUT2D eigenvalue weighted by molar-refractivity contribution is 5.87. The number of piperidine rings is 5. The SMILES string of the molecule is O=C1CCC(c2ccc3n(c2=O)CC2CC3CN3CCCCC23)=C2C3CC(CN12)C1CCCCN1C3. The summed E-state index contributed by atoms with van der Waals surface area (Å²) in [7, 11) is 0. The topological polar surface area (TPSA) is 48.8 Å². The molecule has 7 aliphatic rings. The van der Waals surface area contributed by atoms with Crippen LogP contribution in [0.2, 0.25) is 0 Å². The average Bonchev–Trinajstić information content (AvgIpc) is 2.90. The monoisotopic (exact) mass is 488 g/mol. The van der Waals surface area contributed by atoms with Gasteiger partial charge in [-0.25, -0.2) is 0 Å². The van der Waals surface area contributed by atoms with Crippen molar-refractivity contribution in [2.24, 2.45) is 17.8 Å². The lowest BCUT2D eigenvalue weighted by atomic mass is 9.72. The molecule has 6 nitrogen and oxygen atoms in total. The van der Waals surface area contributed by atoms with Crippen molar-refractivity contribution in [3.8, 4) is 0 Å². The summed E-state index contributed by atoms with van der Waals surface area (Å²) in [6.45, 7) is 6.38. The highest BCUT2D eigenvalue weighted by atomic mass is 16.2. The second-order valence-corrected chi connectivity index (χ2v) is 13.0. The van der Waals surface area contributed by atoms with Crippen LogP contribution in [0.5, 0.6) is 0 Å². The first-order chi connectivity index (χ1) is 17.7. The molecule has 8 heterocycles. The first-order valence-corrected chi connectivity index (χ1v) is 14.9. The minimum absolute atomic E-state index is 0.219. The number of hydrogen-bond acceptors (Lipinski definition) is 4. The van der Waals surface area contributed by atoms with Gasteiger partial charge in [-0.3, -0.25) is 19.4 Å². The molecular formula is C30H40N4O2. The van der Waals surface area contributed by atoms with E-state index < -0.39 is 0 Å². The largest absolute Gasteiger partial charge is 0.315 e. The first kappa shape index (κ1) is 22.1. The molecule has 6 heteroatoms. The van der Waals surface area contributed by atoms with Crippen LogP contribution in [0.1, 0.15) is 81.4 Å². The molecule has 0 spiro atoms. The summed E-state index contributed by atoms with van der Waals surface area (Å²) in [6.07, 6.45) is 11.6. The molecule has 0 aliphatic carbocycles. The third-order valence-electron chi connectivity index (χ3n) is 11.2. The predicted molar refractivity (Wildman–Crippen MR) is 139 cm³/mol. The molecule has 7 aliphatic heterocycles. The van der Waals surface area contributed by atoms with E-state index in [2.05, 4.69) is 31.4 Å². The number of carbonyl (C=O) groups is 1. The molecule has 6 unspecified atom stereocenters. The molecule has 0 N–H and O–H groups in total. The maximum absolute atomic E-state index is 14.2. The fraction of sp³-hybridized carbons (Fsp3) is 0.733. The quantitative estimate of drug-likeness (QED) is 0.606. The Bertz CT molecular complexity index is 1190. The van der Waals surface area contributed by atoms with Crippen LogP contribution in [-0.2, 0) is 11.3 Å². The van der Waals surface area contributed by atoms with E-state index in [-0.39, 0.29) is 11.5 Å². The van der Waals surface area contributed by atoms with E-state index in [0.717, 1.165) is 38.2 Å². The van der Waals surface area contributed by atoms with Gasteiger partial charge in [0, 0.05) is 73.5 Å². The van der Waals surface area contributed by atoms with Gasteiger partial charge in [-0.1, -0.05) is 12.8 Å². The lowest BCUT2D eigenvalue weighted by molar-refractivity contribution is -0.134. The molecule has 1 amide bonds. The molecule has 8 rings (SSSR count). The van der Waals surface area contributed by atoms with Crippen molar-refractivity contribution in [1.29, 1.82) is 0 Å². The zero-order valence-electron chi connectivity index (χ0n) is 21.5. The Hall–Kier alpha value is -1.92. The van der Waals surface area contributed by atoms with Gasteiger partial charge in [-0.05, 0) is 87.6 Å². The maximum Gasteiger partial charge on any atom is 0.258 e. The summed E-state index contributed by atoms with van der Waals surface area (Å²) >= 11 is 0. The summed E-state index contributed by atoms with van der Waals surface area (Å²) in [5.74, 6) is 2.38. The second-order valence-electron chi connectivity index (χ2n) is 13.0. The minimum atomic E-state index is 0.219. The number of aromatic nitrogens is 1. The lowest BCUT2D eigenvalue weighted by Crippen LogP contribution is -2.59. The van der Waals surface area contributed by atoms with Crippen molar-refractivity contribution in [1.82, 2.24) is 19.3 Å².